The van der Waals surface area contributed by atoms with Crippen LogP contribution in [0.25, 0.3) is 5.82 Å². The Balaban J connectivity index is 1.94. The number of hydrogen-bond acceptors (Lipinski definition) is 5. The number of hydrogen-bond donors (Lipinski definition) is 0. The molecule has 0 aliphatic rings. The summed E-state index contributed by atoms with van der Waals surface area (Å²) in [5, 5.41) is 4.46. The molecule has 0 N–H and O–H groups in total. The average molecular weight is 336 g/mol. The quantitative estimate of drug-likeness (QED) is 0.638. The van der Waals surface area contributed by atoms with Crippen LogP contribution in [0.3, 0.4) is 0 Å². The molecule has 2 heterocycles. The van der Waals surface area contributed by atoms with Crippen molar-refractivity contribution in [1.82, 2.24) is 19.7 Å². The van der Waals surface area contributed by atoms with Crippen LogP contribution in [0.5, 0.6) is 17.4 Å². The second-order valence-electron chi connectivity index (χ2n) is 5.60. The van der Waals surface area contributed by atoms with E-state index < -0.39 is 0 Å². The van der Waals surface area contributed by atoms with Gasteiger partial charge in [-0.15, -0.1) is 0 Å². The summed E-state index contributed by atoms with van der Waals surface area (Å²) in [6.07, 6.45) is 1.69. The molecule has 3 aromatic rings. The van der Waals surface area contributed by atoms with Crippen molar-refractivity contribution in [2.75, 3.05) is 6.61 Å². The highest BCUT2D eigenvalue weighted by atomic mass is 16.5. The third-order valence-electron chi connectivity index (χ3n) is 3.45. The Morgan fingerprint density at radius 2 is 1.84 bits per heavy atom. The maximum Gasteiger partial charge on any atom is 0.224 e. The molecule has 0 amide bonds. The van der Waals surface area contributed by atoms with Crippen LogP contribution in [0.4, 0.5) is 0 Å². The Morgan fingerprint density at radius 1 is 1.08 bits per heavy atom. The average Bonchev–Trinajstić information content (AvgIpc) is 2.92. The van der Waals surface area contributed by atoms with Crippen molar-refractivity contribution in [3.8, 4) is 23.2 Å². The zero-order valence-electron chi connectivity index (χ0n) is 14.6. The van der Waals surface area contributed by atoms with E-state index >= 15 is 0 Å². The first-order valence-electron chi connectivity index (χ1n) is 7.96. The van der Waals surface area contributed by atoms with E-state index in [1.54, 1.807) is 16.8 Å². The second-order valence-corrected chi connectivity index (χ2v) is 5.60. The Labute approximate surface area is 146 Å². The van der Waals surface area contributed by atoms with Crippen LogP contribution in [0.2, 0.25) is 0 Å². The van der Waals surface area contributed by atoms with Crippen LogP contribution in [-0.4, -0.2) is 26.4 Å². The largest absolute Gasteiger partial charge is 0.486 e. The van der Waals surface area contributed by atoms with E-state index in [9.17, 15) is 0 Å². The molecule has 0 saturated carbocycles. The second kappa shape index (κ2) is 7.17. The number of aromatic nitrogens is 4. The highest BCUT2D eigenvalue weighted by Gasteiger charge is 2.11. The molecule has 0 radical (unpaired) electrons. The van der Waals surface area contributed by atoms with Crippen molar-refractivity contribution < 1.29 is 9.47 Å². The molecule has 3 rings (SSSR count). The van der Waals surface area contributed by atoms with Gasteiger partial charge in [0.2, 0.25) is 5.88 Å². The molecule has 6 heteroatoms. The normalized spacial score (nSPS) is 10.5. The van der Waals surface area contributed by atoms with Gasteiger partial charge in [0.1, 0.15) is 12.4 Å². The lowest BCUT2D eigenvalue weighted by atomic mass is 10.3. The fourth-order valence-corrected chi connectivity index (χ4v) is 2.46. The highest BCUT2D eigenvalue weighted by Crippen LogP contribution is 2.31. The van der Waals surface area contributed by atoms with E-state index in [4.69, 9.17) is 9.47 Å². The van der Waals surface area contributed by atoms with Gasteiger partial charge < -0.3 is 9.47 Å². The first-order valence-corrected chi connectivity index (χ1v) is 7.96. The first-order chi connectivity index (χ1) is 12.1. The molecule has 0 aliphatic heterocycles. The molecule has 2 aromatic heterocycles. The summed E-state index contributed by atoms with van der Waals surface area (Å²) >= 11 is 0. The monoisotopic (exact) mass is 336 g/mol. The van der Waals surface area contributed by atoms with Gasteiger partial charge in [-0.2, -0.15) is 10.1 Å². The molecule has 0 fully saturated rings. The van der Waals surface area contributed by atoms with Crippen LogP contribution in [0.1, 0.15) is 17.2 Å². The number of para-hydroxylation sites is 2. The van der Waals surface area contributed by atoms with Gasteiger partial charge in [-0.1, -0.05) is 24.8 Å². The van der Waals surface area contributed by atoms with Crippen molar-refractivity contribution in [3.63, 3.8) is 0 Å². The van der Waals surface area contributed by atoms with Gasteiger partial charge >= 0.3 is 0 Å². The maximum absolute atomic E-state index is 5.94. The fourth-order valence-electron chi connectivity index (χ4n) is 2.46. The molecule has 0 bridgehead atoms. The van der Waals surface area contributed by atoms with E-state index in [0.29, 0.717) is 35.6 Å². The topological polar surface area (TPSA) is 62.1 Å². The third kappa shape index (κ3) is 3.85. The predicted octanol–water partition coefficient (Wildman–Crippen LogP) is 3.94. The molecule has 0 unspecified atom stereocenters. The van der Waals surface area contributed by atoms with Crippen LogP contribution in [0.15, 0.2) is 49.1 Å². The van der Waals surface area contributed by atoms with Crippen molar-refractivity contribution >= 4 is 0 Å². The molecule has 1 aromatic carbocycles. The smallest absolute Gasteiger partial charge is 0.224 e. The summed E-state index contributed by atoms with van der Waals surface area (Å²) in [6, 6.07) is 11.2. The summed E-state index contributed by atoms with van der Waals surface area (Å²) in [6.45, 7) is 9.81. The van der Waals surface area contributed by atoms with Gasteiger partial charge in [0.15, 0.2) is 17.3 Å². The number of benzene rings is 1. The van der Waals surface area contributed by atoms with Crippen molar-refractivity contribution in [2.24, 2.45) is 0 Å². The van der Waals surface area contributed by atoms with E-state index in [-0.39, 0.29) is 0 Å². The fraction of sp³-hybridized carbons (Fsp3) is 0.211. The minimum absolute atomic E-state index is 0.403. The summed E-state index contributed by atoms with van der Waals surface area (Å²) in [5.74, 6) is 2.92. The number of ether oxygens (including phenoxy) is 2. The summed E-state index contributed by atoms with van der Waals surface area (Å²) in [7, 11) is 0. The molecule has 128 valence electrons. The lowest BCUT2D eigenvalue weighted by molar-refractivity contribution is 0.337. The maximum atomic E-state index is 5.94. The number of nitrogens with zero attached hydrogens (tertiary/aromatic N) is 4. The summed E-state index contributed by atoms with van der Waals surface area (Å²) in [4.78, 5) is 8.82. The Morgan fingerprint density at radius 3 is 2.52 bits per heavy atom. The molecular weight excluding hydrogens is 316 g/mol. The minimum atomic E-state index is 0.403. The summed E-state index contributed by atoms with van der Waals surface area (Å²) in [5.41, 5.74) is 1.93. The standard InChI is InChI=1S/C19H20N4O2/c1-5-10-24-16-8-6-7-9-17(16)25-19-12-18(20-15(4)21-19)23-14(3)11-13(2)22-23/h5-9,11-12H,1,10H2,2-4H3. The van der Waals surface area contributed by atoms with Gasteiger partial charge in [-0.05, 0) is 39.0 Å². The zero-order valence-corrected chi connectivity index (χ0v) is 14.6. The van der Waals surface area contributed by atoms with E-state index in [0.717, 1.165) is 11.4 Å². The number of aryl methyl sites for hydroxylation is 3. The van der Waals surface area contributed by atoms with Crippen LogP contribution in [-0.2, 0) is 0 Å². The third-order valence-corrected chi connectivity index (χ3v) is 3.45. The molecule has 0 atom stereocenters. The summed E-state index contributed by atoms with van der Waals surface area (Å²) < 4.78 is 13.3. The van der Waals surface area contributed by atoms with Gasteiger partial charge in [0.05, 0.1) is 5.69 Å². The van der Waals surface area contributed by atoms with Gasteiger partial charge in [-0.3, -0.25) is 0 Å². The van der Waals surface area contributed by atoms with Gasteiger partial charge in [0.25, 0.3) is 0 Å². The van der Waals surface area contributed by atoms with E-state index in [1.807, 2.05) is 51.1 Å². The molecule has 0 spiro atoms. The van der Waals surface area contributed by atoms with Gasteiger partial charge in [0, 0.05) is 11.8 Å². The Bertz CT molecular complexity index is 902. The Hall–Kier alpha value is -3.15. The van der Waals surface area contributed by atoms with Crippen molar-refractivity contribution in [1.29, 1.82) is 0 Å². The minimum Gasteiger partial charge on any atom is -0.486 e. The molecule has 0 aliphatic carbocycles. The van der Waals surface area contributed by atoms with Crippen molar-refractivity contribution in [3.05, 3.63) is 66.3 Å². The van der Waals surface area contributed by atoms with Crippen LogP contribution in [0, 0.1) is 20.8 Å². The van der Waals surface area contributed by atoms with Gasteiger partial charge in [-0.25, -0.2) is 9.67 Å². The molecular formula is C19H20N4O2. The lowest BCUT2D eigenvalue weighted by Crippen LogP contribution is -2.05. The predicted molar refractivity (Wildman–Crippen MR) is 95.6 cm³/mol. The molecule has 0 saturated heterocycles. The van der Waals surface area contributed by atoms with Crippen LogP contribution >= 0.6 is 0 Å². The van der Waals surface area contributed by atoms with Crippen molar-refractivity contribution in [2.45, 2.75) is 20.8 Å². The molecule has 25 heavy (non-hydrogen) atoms. The Kier molecular flexibility index (Phi) is 4.79. The van der Waals surface area contributed by atoms with E-state index in [2.05, 4.69) is 21.6 Å². The number of rotatable bonds is 6. The SMILES string of the molecule is C=CCOc1ccccc1Oc1cc(-n2nc(C)cc2C)nc(C)n1. The zero-order chi connectivity index (χ0) is 17.8. The lowest BCUT2D eigenvalue weighted by Gasteiger charge is -2.12. The highest BCUT2D eigenvalue weighted by molar-refractivity contribution is 5.42. The molecule has 6 nitrogen and oxygen atoms in total. The van der Waals surface area contributed by atoms with E-state index in [1.165, 1.54) is 0 Å². The first kappa shape index (κ1) is 16.7. The van der Waals surface area contributed by atoms with Crippen LogP contribution < -0.4 is 9.47 Å².